The molecule has 1 aliphatic rings. The van der Waals surface area contributed by atoms with Crippen LogP contribution < -0.4 is 20.4 Å². The SMILES string of the molecule is CCNC(=NCc1csc(N(C)C)n1)NC1CCN(c2ncccc2Cl)C1. The van der Waals surface area contributed by atoms with E-state index >= 15 is 0 Å². The monoisotopic (exact) mass is 407 g/mol. The maximum Gasteiger partial charge on any atom is 0.191 e. The molecule has 0 bridgehead atoms. The van der Waals surface area contributed by atoms with Crippen LogP contribution in [-0.4, -0.2) is 55.7 Å². The largest absolute Gasteiger partial charge is 0.357 e. The highest BCUT2D eigenvalue weighted by Crippen LogP contribution is 2.25. The van der Waals surface area contributed by atoms with Crippen molar-refractivity contribution in [2.24, 2.45) is 4.99 Å². The molecule has 0 radical (unpaired) electrons. The van der Waals surface area contributed by atoms with Gasteiger partial charge in [-0.1, -0.05) is 11.6 Å². The van der Waals surface area contributed by atoms with Crippen molar-refractivity contribution < 1.29 is 0 Å². The lowest BCUT2D eigenvalue weighted by Gasteiger charge is -2.20. The van der Waals surface area contributed by atoms with Gasteiger partial charge in [-0.3, -0.25) is 0 Å². The number of hydrogen-bond donors (Lipinski definition) is 2. The van der Waals surface area contributed by atoms with Gasteiger partial charge in [0.2, 0.25) is 0 Å². The number of hydrogen-bond acceptors (Lipinski definition) is 6. The summed E-state index contributed by atoms with van der Waals surface area (Å²) >= 11 is 7.91. The van der Waals surface area contributed by atoms with Gasteiger partial charge in [-0.25, -0.2) is 15.0 Å². The van der Waals surface area contributed by atoms with Crippen LogP contribution in [0, 0.1) is 0 Å². The van der Waals surface area contributed by atoms with Gasteiger partial charge in [-0.2, -0.15) is 0 Å². The Morgan fingerprint density at radius 3 is 3.04 bits per heavy atom. The van der Waals surface area contributed by atoms with E-state index in [1.54, 1.807) is 17.5 Å². The van der Waals surface area contributed by atoms with E-state index in [1.807, 2.05) is 31.1 Å². The Labute approximate surface area is 169 Å². The summed E-state index contributed by atoms with van der Waals surface area (Å²) < 4.78 is 0. The van der Waals surface area contributed by atoms with Gasteiger partial charge >= 0.3 is 0 Å². The van der Waals surface area contributed by atoms with Gasteiger partial charge in [0, 0.05) is 51.3 Å². The third-order valence-corrected chi connectivity index (χ3v) is 5.59. The number of guanidine groups is 1. The second kappa shape index (κ2) is 9.23. The molecular weight excluding hydrogens is 382 g/mol. The Bertz CT molecular complexity index is 777. The maximum atomic E-state index is 6.28. The van der Waals surface area contributed by atoms with E-state index in [9.17, 15) is 0 Å². The molecule has 3 rings (SSSR count). The summed E-state index contributed by atoms with van der Waals surface area (Å²) in [6.07, 6.45) is 2.79. The zero-order valence-corrected chi connectivity index (χ0v) is 17.5. The topological polar surface area (TPSA) is 68.7 Å². The summed E-state index contributed by atoms with van der Waals surface area (Å²) in [6.45, 7) is 5.21. The fourth-order valence-corrected chi connectivity index (χ4v) is 3.92. The first-order valence-corrected chi connectivity index (χ1v) is 10.3. The molecule has 0 saturated carbocycles. The summed E-state index contributed by atoms with van der Waals surface area (Å²) in [7, 11) is 3.99. The van der Waals surface area contributed by atoms with Crippen molar-refractivity contribution >= 4 is 39.8 Å². The van der Waals surface area contributed by atoms with Gasteiger partial charge in [-0.05, 0) is 25.5 Å². The first kappa shape index (κ1) is 19.7. The molecule has 1 fully saturated rings. The Balaban J connectivity index is 1.60. The van der Waals surface area contributed by atoms with Gasteiger partial charge in [0.25, 0.3) is 0 Å². The van der Waals surface area contributed by atoms with Crippen LogP contribution >= 0.6 is 22.9 Å². The standard InChI is InChI=1S/C18H26ClN7S/c1-4-20-17(22-10-14-12-27-18(24-14)25(2)3)23-13-7-9-26(11-13)16-15(19)6-5-8-21-16/h5-6,8,12-13H,4,7,9-11H2,1-3H3,(H2,20,22,23). The number of nitrogens with zero attached hydrogens (tertiary/aromatic N) is 5. The minimum atomic E-state index is 0.300. The predicted molar refractivity (Wildman–Crippen MR) is 114 cm³/mol. The molecule has 1 unspecified atom stereocenters. The van der Waals surface area contributed by atoms with Crippen LogP contribution in [0.15, 0.2) is 28.7 Å². The van der Waals surface area contributed by atoms with Crippen LogP contribution in [0.2, 0.25) is 5.02 Å². The van der Waals surface area contributed by atoms with E-state index < -0.39 is 0 Å². The van der Waals surface area contributed by atoms with Gasteiger partial charge in [0.15, 0.2) is 11.1 Å². The van der Waals surface area contributed by atoms with Crippen LogP contribution in [-0.2, 0) is 6.54 Å². The fraction of sp³-hybridized carbons (Fsp3) is 0.500. The number of aliphatic imine (C=N–C) groups is 1. The molecule has 1 aliphatic heterocycles. The third kappa shape index (κ3) is 5.23. The van der Waals surface area contributed by atoms with Gasteiger partial charge in [0.1, 0.15) is 5.82 Å². The summed E-state index contributed by atoms with van der Waals surface area (Å²) in [5.41, 5.74) is 0.981. The van der Waals surface area contributed by atoms with Crippen molar-refractivity contribution in [3.05, 3.63) is 34.4 Å². The predicted octanol–water partition coefficient (Wildman–Crippen LogP) is 2.59. The third-order valence-electron chi connectivity index (χ3n) is 4.23. The van der Waals surface area contributed by atoms with Gasteiger partial charge in [0.05, 0.1) is 17.3 Å². The van der Waals surface area contributed by atoms with Crippen LogP contribution in [0.5, 0.6) is 0 Å². The number of aromatic nitrogens is 2. The number of rotatable bonds is 6. The molecule has 0 aliphatic carbocycles. The Morgan fingerprint density at radius 2 is 2.33 bits per heavy atom. The lowest BCUT2D eigenvalue weighted by molar-refractivity contribution is 0.648. The Morgan fingerprint density at radius 1 is 1.48 bits per heavy atom. The van der Waals surface area contributed by atoms with E-state index in [1.165, 1.54) is 0 Å². The number of thiazole rings is 1. The van der Waals surface area contributed by atoms with E-state index in [0.29, 0.717) is 17.6 Å². The van der Waals surface area contributed by atoms with Crippen molar-refractivity contribution in [2.75, 3.05) is 43.5 Å². The van der Waals surface area contributed by atoms with Crippen molar-refractivity contribution in [3.63, 3.8) is 0 Å². The van der Waals surface area contributed by atoms with Crippen molar-refractivity contribution in [1.82, 2.24) is 20.6 Å². The van der Waals surface area contributed by atoms with Crippen LogP contribution in [0.1, 0.15) is 19.0 Å². The lowest BCUT2D eigenvalue weighted by atomic mass is 10.3. The molecule has 1 atom stereocenters. The second-order valence-corrected chi connectivity index (χ2v) is 7.84. The van der Waals surface area contributed by atoms with E-state index in [4.69, 9.17) is 16.6 Å². The first-order chi connectivity index (χ1) is 13.1. The molecule has 2 N–H and O–H groups in total. The van der Waals surface area contributed by atoms with E-state index in [2.05, 4.69) is 37.8 Å². The molecule has 1 saturated heterocycles. The van der Waals surface area contributed by atoms with E-state index in [-0.39, 0.29) is 0 Å². The fourth-order valence-electron chi connectivity index (χ4n) is 2.93. The maximum absolute atomic E-state index is 6.28. The highest BCUT2D eigenvalue weighted by Gasteiger charge is 2.25. The Hall–Kier alpha value is -2.06. The highest BCUT2D eigenvalue weighted by molar-refractivity contribution is 7.13. The normalized spacial score (nSPS) is 17.3. The quantitative estimate of drug-likeness (QED) is 0.566. The minimum Gasteiger partial charge on any atom is -0.357 e. The summed E-state index contributed by atoms with van der Waals surface area (Å²) in [4.78, 5) is 17.9. The molecular formula is C18H26ClN7S. The number of halogens is 1. The molecule has 3 heterocycles. The van der Waals surface area contributed by atoms with Crippen LogP contribution in [0.4, 0.5) is 10.9 Å². The lowest BCUT2D eigenvalue weighted by Crippen LogP contribution is -2.44. The molecule has 0 spiro atoms. The van der Waals surface area contributed by atoms with Crippen LogP contribution in [0.3, 0.4) is 0 Å². The molecule has 7 nitrogen and oxygen atoms in total. The molecule has 0 amide bonds. The van der Waals surface area contributed by atoms with Crippen molar-refractivity contribution in [3.8, 4) is 0 Å². The van der Waals surface area contributed by atoms with Crippen LogP contribution in [0.25, 0.3) is 0 Å². The van der Waals surface area contributed by atoms with E-state index in [0.717, 1.165) is 48.7 Å². The average Bonchev–Trinajstić information content (AvgIpc) is 3.30. The average molecular weight is 408 g/mol. The van der Waals surface area contributed by atoms with Crippen molar-refractivity contribution in [1.29, 1.82) is 0 Å². The first-order valence-electron chi connectivity index (χ1n) is 9.09. The molecule has 0 aromatic carbocycles. The Kier molecular flexibility index (Phi) is 6.73. The minimum absolute atomic E-state index is 0.300. The number of nitrogens with one attached hydrogen (secondary N) is 2. The highest BCUT2D eigenvalue weighted by atomic mass is 35.5. The van der Waals surface area contributed by atoms with Gasteiger partial charge < -0.3 is 20.4 Å². The molecule has 2 aromatic heterocycles. The van der Waals surface area contributed by atoms with Crippen molar-refractivity contribution in [2.45, 2.75) is 25.9 Å². The smallest absolute Gasteiger partial charge is 0.191 e. The summed E-state index contributed by atoms with van der Waals surface area (Å²) in [5, 5.41) is 10.6. The number of pyridine rings is 1. The second-order valence-electron chi connectivity index (χ2n) is 6.60. The molecule has 2 aromatic rings. The zero-order valence-electron chi connectivity index (χ0n) is 15.9. The number of anilines is 2. The van der Waals surface area contributed by atoms with Gasteiger partial charge in [-0.15, -0.1) is 11.3 Å². The summed E-state index contributed by atoms with van der Waals surface area (Å²) in [5.74, 6) is 1.67. The molecule has 27 heavy (non-hydrogen) atoms. The molecule has 9 heteroatoms. The molecule has 146 valence electrons. The zero-order chi connectivity index (χ0) is 19.2. The summed E-state index contributed by atoms with van der Waals surface area (Å²) in [6, 6.07) is 4.04.